The first-order chi connectivity index (χ1) is 10.4. The lowest BCUT2D eigenvalue weighted by Gasteiger charge is -2.57. The third-order valence-electron chi connectivity index (χ3n) is 8.63. The van der Waals surface area contributed by atoms with Crippen molar-refractivity contribution in [2.75, 3.05) is 0 Å². The van der Waals surface area contributed by atoms with Crippen molar-refractivity contribution in [2.45, 2.75) is 58.5 Å². The quantitative estimate of drug-likeness (QED) is 0.741. The Morgan fingerprint density at radius 1 is 1.27 bits per heavy atom. The maximum atomic E-state index is 11.8. The molecule has 2 heteroatoms. The van der Waals surface area contributed by atoms with Crippen LogP contribution in [0, 0.1) is 34.0 Å². The molecule has 3 saturated carbocycles. The first-order valence-electron chi connectivity index (χ1n) is 9.03. The van der Waals surface area contributed by atoms with Crippen LogP contribution in [0.25, 0.3) is 0 Å². The van der Waals surface area contributed by atoms with Gasteiger partial charge in [-0.15, -0.1) is 0 Å². The summed E-state index contributed by atoms with van der Waals surface area (Å²) in [5, 5.41) is 10.6. The molecule has 0 unspecified atom stereocenters. The first kappa shape index (κ1) is 13.5. The number of carbonyl (C=O) groups excluding carboxylic acids is 1. The third-order valence-corrected chi connectivity index (χ3v) is 8.63. The Labute approximate surface area is 132 Å². The fraction of sp³-hybridized carbons (Fsp3) is 0.750. The van der Waals surface area contributed by atoms with Gasteiger partial charge in [0.25, 0.3) is 0 Å². The molecule has 0 bridgehead atoms. The summed E-state index contributed by atoms with van der Waals surface area (Å²) in [6.45, 7) is 4.75. The standard InChI is InChI=1S/C20H26O2/c1-18-7-5-14(21)9-12(18)3-4-16-15(18)6-8-19(2)17(22)10-13-11-20(13,16)19/h3-4,9,13,15-17,22H,5-8,10-11H2,1-2H3/t13-,15-,16+,17-,18-,19+,20+/m0/s1. The topological polar surface area (TPSA) is 37.3 Å². The van der Waals surface area contributed by atoms with Gasteiger partial charge in [-0.2, -0.15) is 0 Å². The van der Waals surface area contributed by atoms with E-state index in [1.54, 1.807) is 0 Å². The Hall–Kier alpha value is -0.890. The van der Waals surface area contributed by atoms with Gasteiger partial charge in [0.2, 0.25) is 0 Å². The van der Waals surface area contributed by atoms with E-state index in [9.17, 15) is 9.90 Å². The van der Waals surface area contributed by atoms with E-state index < -0.39 is 0 Å². The average Bonchev–Trinajstić information content (AvgIpc) is 3.13. The Balaban J connectivity index is 1.63. The minimum Gasteiger partial charge on any atom is -0.393 e. The van der Waals surface area contributed by atoms with Crippen molar-refractivity contribution < 1.29 is 9.90 Å². The average molecular weight is 298 g/mol. The van der Waals surface area contributed by atoms with E-state index >= 15 is 0 Å². The lowest BCUT2D eigenvalue weighted by Crippen LogP contribution is -2.52. The zero-order valence-corrected chi connectivity index (χ0v) is 13.6. The molecule has 0 saturated heterocycles. The van der Waals surface area contributed by atoms with Crippen LogP contribution in [-0.2, 0) is 4.79 Å². The van der Waals surface area contributed by atoms with Gasteiger partial charge in [-0.3, -0.25) is 4.79 Å². The van der Waals surface area contributed by atoms with Crippen LogP contribution in [0.4, 0.5) is 0 Å². The highest BCUT2D eigenvalue weighted by Crippen LogP contribution is 2.81. The van der Waals surface area contributed by atoms with E-state index in [2.05, 4.69) is 26.0 Å². The zero-order valence-electron chi connectivity index (χ0n) is 13.6. The van der Waals surface area contributed by atoms with Crippen LogP contribution < -0.4 is 0 Å². The summed E-state index contributed by atoms with van der Waals surface area (Å²) in [7, 11) is 0. The predicted octanol–water partition coefficient (Wildman–Crippen LogP) is 3.66. The lowest BCUT2D eigenvalue weighted by atomic mass is 9.47. The highest BCUT2D eigenvalue weighted by atomic mass is 16.3. The second kappa shape index (κ2) is 3.77. The van der Waals surface area contributed by atoms with E-state index in [1.807, 2.05) is 6.08 Å². The molecule has 118 valence electrons. The van der Waals surface area contributed by atoms with Gasteiger partial charge in [0, 0.05) is 6.42 Å². The number of hydrogen-bond donors (Lipinski definition) is 1. The molecule has 2 nitrogen and oxygen atoms in total. The molecule has 0 heterocycles. The molecule has 1 spiro atoms. The molecular formula is C20H26O2. The number of aliphatic hydroxyl groups excluding tert-OH is 1. The van der Waals surface area contributed by atoms with E-state index in [1.165, 1.54) is 18.4 Å². The van der Waals surface area contributed by atoms with Gasteiger partial charge in [-0.05, 0) is 77.8 Å². The van der Waals surface area contributed by atoms with Crippen LogP contribution in [0.5, 0.6) is 0 Å². The maximum absolute atomic E-state index is 11.8. The smallest absolute Gasteiger partial charge is 0.156 e. The Morgan fingerprint density at radius 3 is 2.91 bits per heavy atom. The van der Waals surface area contributed by atoms with E-state index in [0.29, 0.717) is 29.5 Å². The maximum Gasteiger partial charge on any atom is 0.156 e. The molecule has 0 radical (unpaired) electrons. The fourth-order valence-electron chi connectivity index (χ4n) is 7.17. The summed E-state index contributed by atoms with van der Waals surface area (Å²) in [6.07, 6.45) is 12.9. The Morgan fingerprint density at radius 2 is 2.09 bits per heavy atom. The second-order valence-corrected chi connectivity index (χ2v) is 9.12. The van der Waals surface area contributed by atoms with Gasteiger partial charge >= 0.3 is 0 Å². The van der Waals surface area contributed by atoms with Crippen LogP contribution >= 0.6 is 0 Å². The van der Waals surface area contributed by atoms with Crippen molar-refractivity contribution in [3.8, 4) is 0 Å². The predicted molar refractivity (Wildman–Crippen MR) is 85.1 cm³/mol. The number of fused-ring (bicyclic) bond motifs is 3. The molecule has 7 atom stereocenters. The van der Waals surface area contributed by atoms with Crippen molar-refractivity contribution in [2.24, 2.45) is 34.0 Å². The van der Waals surface area contributed by atoms with Crippen molar-refractivity contribution in [3.63, 3.8) is 0 Å². The van der Waals surface area contributed by atoms with Gasteiger partial charge in [-0.25, -0.2) is 0 Å². The minimum absolute atomic E-state index is 0.0988. The highest BCUT2D eigenvalue weighted by molar-refractivity contribution is 5.92. The lowest BCUT2D eigenvalue weighted by molar-refractivity contribution is -0.117. The van der Waals surface area contributed by atoms with Crippen LogP contribution in [-0.4, -0.2) is 17.0 Å². The number of carbonyl (C=O) groups is 1. The molecule has 0 aromatic rings. The molecule has 0 aromatic carbocycles. The van der Waals surface area contributed by atoms with Crippen LogP contribution in [0.1, 0.15) is 52.4 Å². The van der Waals surface area contributed by atoms with Gasteiger partial charge < -0.3 is 5.11 Å². The van der Waals surface area contributed by atoms with Crippen molar-refractivity contribution in [1.82, 2.24) is 0 Å². The van der Waals surface area contributed by atoms with E-state index in [4.69, 9.17) is 0 Å². The molecule has 3 fully saturated rings. The van der Waals surface area contributed by atoms with Crippen molar-refractivity contribution in [1.29, 1.82) is 0 Å². The van der Waals surface area contributed by atoms with Gasteiger partial charge in [-0.1, -0.05) is 26.0 Å². The SMILES string of the molecule is C[C@]12CCC(=O)C=C1C=C[C@@H]1[C@@H]2CC[C@]2(C)[C@@H](O)C[C@H]3C[C@@]312. The summed E-state index contributed by atoms with van der Waals surface area (Å²) in [5.41, 5.74) is 1.96. The van der Waals surface area contributed by atoms with Crippen molar-refractivity contribution in [3.05, 3.63) is 23.8 Å². The molecular weight excluding hydrogens is 272 g/mol. The molecule has 0 aliphatic heterocycles. The fourth-order valence-corrected chi connectivity index (χ4v) is 7.17. The number of hydrogen-bond acceptors (Lipinski definition) is 2. The van der Waals surface area contributed by atoms with Gasteiger partial charge in [0.1, 0.15) is 0 Å². The number of aliphatic hydroxyl groups is 1. The second-order valence-electron chi connectivity index (χ2n) is 9.12. The number of rotatable bonds is 0. The first-order valence-corrected chi connectivity index (χ1v) is 9.03. The van der Waals surface area contributed by atoms with E-state index in [-0.39, 0.29) is 16.9 Å². The third kappa shape index (κ3) is 1.28. The Kier molecular flexibility index (Phi) is 2.32. The van der Waals surface area contributed by atoms with Gasteiger partial charge in [0.15, 0.2) is 5.78 Å². The largest absolute Gasteiger partial charge is 0.393 e. The number of allylic oxidation sites excluding steroid dienone is 4. The molecule has 1 N–H and O–H groups in total. The molecule has 22 heavy (non-hydrogen) atoms. The summed E-state index contributed by atoms with van der Waals surface area (Å²) in [5.74, 6) is 2.32. The summed E-state index contributed by atoms with van der Waals surface area (Å²) in [4.78, 5) is 11.8. The monoisotopic (exact) mass is 298 g/mol. The van der Waals surface area contributed by atoms with Crippen LogP contribution in [0.15, 0.2) is 23.8 Å². The van der Waals surface area contributed by atoms with Crippen molar-refractivity contribution >= 4 is 5.78 Å². The zero-order chi connectivity index (χ0) is 15.3. The molecule has 5 aliphatic carbocycles. The molecule has 0 amide bonds. The minimum atomic E-state index is -0.0988. The molecule has 5 aliphatic rings. The normalized spacial score (nSPS) is 58.3. The summed E-state index contributed by atoms with van der Waals surface area (Å²) >= 11 is 0. The van der Waals surface area contributed by atoms with Gasteiger partial charge in [0.05, 0.1) is 6.10 Å². The van der Waals surface area contributed by atoms with Crippen LogP contribution in [0.2, 0.25) is 0 Å². The highest BCUT2D eigenvalue weighted by Gasteiger charge is 2.77. The van der Waals surface area contributed by atoms with Crippen LogP contribution in [0.3, 0.4) is 0 Å². The Bertz CT molecular complexity index is 632. The molecule has 5 rings (SSSR count). The number of ketones is 1. The summed E-state index contributed by atoms with van der Waals surface area (Å²) in [6, 6.07) is 0. The summed E-state index contributed by atoms with van der Waals surface area (Å²) < 4.78 is 0. The van der Waals surface area contributed by atoms with E-state index in [0.717, 1.165) is 25.2 Å². The molecule has 0 aromatic heterocycles.